The summed E-state index contributed by atoms with van der Waals surface area (Å²) in [7, 11) is 0. The van der Waals surface area contributed by atoms with Crippen LogP contribution in [0.4, 0.5) is 5.69 Å². The van der Waals surface area contributed by atoms with E-state index in [9.17, 15) is 10.1 Å². The van der Waals surface area contributed by atoms with Crippen LogP contribution in [0.2, 0.25) is 10.0 Å². The largest absolute Gasteiger partial charge is 0.396 e. The molecule has 1 amide bonds. The number of likely N-dealkylation sites (tertiary alicyclic amines) is 1. The van der Waals surface area contributed by atoms with Crippen molar-refractivity contribution < 1.29 is 4.79 Å². The Labute approximate surface area is 191 Å². The highest BCUT2D eigenvalue weighted by Crippen LogP contribution is 2.32. The number of hydrogen-bond acceptors (Lipinski definition) is 5. The molecular weight excluding hydrogens is 441 g/mol. The molecular formula is C21H25Cl2N5OS. The Hall–Kier alpha value is -1.85. The number of amides is 1. The van der Waals surface area contributed by atoms with Gasteiger partial charge < -0.3 is 15.2 Å². The predicted molar refractivity (Wildman–Crippen MR) is 122 cm³/mol. The number of carbonyl (C=O) groups is 1. The molecule has 1 fully saturated rings. The number of nitrogen functional groups attached to an aromatic ring is 1. The number of aryl methyl sites for hydroxylation is 1. The van der Waals surface area contributed by atoms with Crippen LogP contribution < -0.4 is 10.5 Å². The zero-order valence-electron chi connectivity index (χ0n) is 16.6. The molecule has 30 heavy (non-hydrogen) atoms. The third-order valence-corrected chi connectivity index (χ3v) is 6.69. The Balaban J connectivity index is 1.72. The second-order valence-electron chi connectivity index (χ2n) is 7.30. The first-order valence-electron chi connectivity index (χ1n) is 10.0. The Kier molecular flexibility index (Phi) is 8.34. The number of benzene rings is 1. The molecule has 0 saturated carbocycles. The third kappa shape index (κ3) is 5.86. The number of aromatic nitrogens is 1. The van der Waals surface area contributed by atoms with Crippen molar-refractivity contribution in [2.75, 3.05) is 18.8 Å². The fraction of sp³-hybridized carbons (Fsp3) is 0.429. The van der Waals surface area contributed by atoms with E-state index >= 15 is 0 Å². The van der Waals surface area contributed by atoms with E-state index in [4.69, 9.17) is 28.9 Å². The van der Waals surface area contributed by atoms with E-state index in [1.165, 1.54) is 11.9 Å². The topological polar surface area (TPSA) is 87.1 Å². The molecule has 3 N–H and O–H groups in total. The van der Waals surface area contributed by atoms with Crippen molar-refractivity contribution in [2.24, 2.45) is 0 Å². The molecule has 1 aromatic carbocycles. The summed E-state index contributed by atoms with van der Waals surface area (Å²) in [6.07, 6.45) is 6.80. The molecule has 1 unspecified atom stereocenters. The molecule has 0 aliphatic carbocycles. The van der Waals surface area contributed by atoms with Gasteiger partial charge >= 0.3 is 0 Å². The first-order valence-corrected chi connectivity index (χ1v) is 11.6. The highest BCUT2D eigenvalue weighted by atomic mass is 35.5. The van der Waals surface area contributed by atoms with Crippen molar-refractivity contribution in [3.63, 3.8) is 0 Å². The fourth-order valence-electron chi connectivity index (χ4n) is 3.48. The Morgan fingerprint density at radius 2 is 1.90 bits per heavy atom. The number of anilines is 1. The van der Waals surface area contributed by atoms with Gasteiger partial charge in [-0.25, -0.2) is 4.72 Å². The highest BCUT2D eigenvalue weighted by Gasteiger charge is 2.25. The Bertz CT molecular complexity index is 895. The van der Waals surface area contributed by atoms with Gasteiger partial charge in [0, 0.05) is 30.7 Å². The van der Waals surface area contributed by atoms with Crippen molar-refractivity contribution in [3.05, 3.63) is 46.2 Å². The van der Waals surface area contributed by atoms with Crippen LogP contribution >= 0.6 is 35.1 Å². The molecule has 1 atom stereocenters. The van der Waals surface area contributed by atoms with Crippen LogP contribution in [0.3, 0.4) is 0 Å². The third-order valence-electron chi connectivity index (χ3n) is 5.19. The minimum Gasteiger partial charge on any atom is -0.396 e. The lowest BCUT2D eigenvalue weighted by Crippen LogP contribution is -2.45. The lowest BCUT2D eigenvalue weighted by molar-refractivity contribution is -0.133. The first kappa shape index (κ1) is 22.8. The van der Waals surface area contributed by atoms with Crippen LogP contribution in [0.5, 0.6) is 0 Å². The molecule has 2 heterocycles. The van der Waals surface area contributed by atoms with Crippen LogP contribution in [0.25, 0.3) is 0 Å². The van der Waals surface area contributed by atoms with Gasteiger partial charge in [0.2, 0.25) is 5.91 Å². The molecule has 2 aromatic rings. The molecule has 0 spiro atoms. The number of nitriles is 1. The minimum absolute atomic E-state index is 0.0858. The van der Waals surface area contributed by atoms with Crippen molar-refractivity contribution >= 4 is 46.7 Å². The molecule has 160 valence electrons. The van der Waals surface area contributed by atoms with Gasteiger partial charge in [-0.3, -0.25) is 4.79 Å². The van der Waals surface area contributed by atoms with E-state index in [-0.39, 0.29) is 5.91 Å². The van der Waals surface area contributed by atoms with Crippen LogP contribution in [-0.4, -0.2) is 34.5 Å². The second-order valence-corrected chi connectivity index (χ2v) is 9.03. The Morgan fingerprint density at radius 3 is 2.53 bits per heavy atom. The van der Waals surface area contributed by atoms with Crippen LogP contribution in [0.15, 0.2) is 35.4 Å². The lowest BCUT2D eigenvalue weighted by Gasteiger charge is -2.27. The van der Waals surface area contributed by atoms with Gasteiger partial charge in [-0.15, -0.1) is 0 Å². The normalized spacial score (nSPS) is 15.4. The molecule has 1 aliphatic rings. The zero-order chi connectivity index (χ0) is 21.5. The van der Waals surface area contributed by atoms with Gasteiger partial charge in [0.05, 0.1) is 21.8 Å². The number of carbonyl (C=O) groups excluding carboxylic acids is 1. The summed E-state index contributed by atoms with van der Waals surface area (Å²) in [4.78, 5) is 16.0. The second kappa shape index (κ2) is 11.0. The van der Waals surface area contributed by atoms with Gasteiger partial charge in [-0.2, -0.15) is 5.26 Å². The molecule has 1 saturated heterocycles. The van der Waals surface area contributed by atoms with E-state index in [1.54, 1.807) is 18.2 Å². The number of halogens is 2. The van der Waals surface area contributed by atoms with Gasteiger partial charge in [-0.05, 0) is 55.5 Å². The molecule has 6 nitrogen and oxygen atoms in total. The lowest BCUT2D eigenvalue weighted by atomic mass is 10.2. The summed E-state index contributed by atoms with van der Waals surface area (Å²) in [5, 5.41) is 10.0. The van der Waals surface area contributed by atoms with Gasteiger partial charge in [0.15, 0.2) is 0 Å². The predicted octanol–water partition coefficient (Wildman–Crippen LogP) is 4.71. The van der Waals surface area contributed by atoms with Crippen LogP contribution in [0, 0.1) is 11.3 Å². The molecule has 1 aliphatic heterocycles. The van der Waals surface area contributed by atoms with E-state index in [1.807, 2.05) is 21.7 Å². The van der Waals surface area contributed by atoms with Crippen molar-refractivity contribution in [2.45, 2.75) is 49.6 Å². The molecule has 3 rings (SSSR count). The van der Waals surface area contributed by atoms with Gasteiger partial charge in [-0.1, -0.05) is 36.0 Å². The van der Waals surface area contributed by atoms with E-state index in [0.717, 1.165) is 43.7 Å². The molecule has 1 aromatic heterocycles. The SMILES string of the molecule is N#Cc1cccn1CCC(NSc1cc(Cl)c(N)c(Cl)c1)C(=O)N1CCCCCC1. The number of rotatable bonds is 7. The first-order chi connectivity index (χ1) is 14.5. The summed E-state index contributed by atoms with van der Waals surface area (Å²) in [5.41, 5.74) is 6.74. The van der Waals surface area contributed by atoms with Gasteiger partial charge in [0.25, 0.3) is 0 Å². The summed E-state index contributed by atoms with van der Waals surface area (Å²) in [5.74, 6) is 0.0858. The maximum absolute atomic E-state index is 13.3. The van der Waals surface area contributed by atoms with Crippen LogP contribution in [-0.2, 0) is 11.3 Å². The average Bonchev–Trinajstić information content (AvgIpc) is 3.02. The summed E-state index contributed by atoms with van der Waals surface area (Å²) < 4.78 is 5.17. The van der Waals surface area contributed by atoms with Crippen molar-refractivity contribution in [3.8, 4) is 6.07 Å². The highest BCUT2D eigenvalue weighted by molar-refractivity contribution is 7.97. The molecule has 0 bridgehead atoms. The summed E-state index contributed by atoms with van der Waals surface area (Å²) in [6.45, 7) is 2.14. The van der Waals surface area contributed by atoms with E-state index in [0.29, 0.717) is 34.4 Å². The summed E-state index contributed by atoms with van der Waals surface area (Å²) in [6, 6.07) is 8.84. The standard InChI is InChI=1S/C21H25Cl2N5OS/c22-17-12-16(13-18(23)20(17)25)30-26-19(7-11-27-10-5-6-15(27)14-24)21(29)28-8-3-1-2-4-9-28/h5-6,10,12-13,19,26H,1-4,7-9,11,25H2. The van der Waals surface area contributed by atoms with Crippen molar-refractivity contribution in [1.29, 1.82) is 5.26 Å². The summed E-state index contributed by atoms with van der Waals surface area (Å²) >= 11 is 13.6. The van der Waals surface area contributed by atoms with Gasteiger partial charge in [0.1, 0.15) is 11.8 Å². The molecule has 0 radical (unpaired) electrons. The van der Waals surface area contributed by atoms with Crippen molar-refractivity contribution in [1.82, 2.24) is 14.2 Å². The quantitative estimate of drug-likeness (QED) is 0.456. The minimum atomic E-state index is -0.405. The monoisotopic (exact) mass is 465 g/mol. The number of hydrogen-bond donors (Lipinski definition) is 2. The smallest absolute Gasteiger partial charge is 0.240 e. The van der Waals surface area contributed by atoms with E-state index < -0.39 is 6.04 Å². The number of nitrogens with two attached hydrogens (primary N) is 1. The number of nitrogens with zero attached hydrogens (tertiary/aromatic N) is 3. The number of nitrogens with one attached hydrogen (secondary N) is 1. The fourth-order valence-corrected chi connectivity index (χ4v) is 4.95. The van der Waals surface area contributed by atoms with E-state index in [2.05, 4.69) is 10.8 Å². The maximum atomic E-state index is 13.3. The average molecular weight is 466 g/mol. The van der Waals surface area contributed by atoms with Crippen LogP contribution in [0.1, 0.15) is 37.8 Å². The Morgan fingerprint density at radius 1 is 1.23 bits per heavy atom. The molecule has 9 heteroatoms. The zero-order valence-corrected chi connectivity index (χ0v) is 18.9. The maximum Gasteiger partial charge on any atom is 0.240 e.